The van der Waals surface area contributed by atoms with Crippen LogP contribution in [-0.2, 0) is 5.75 Å². The van der Waals surface area contributed by atoms with Crippen molar-refractivity contribution in [2.75, 3.05) is 6.61 Å². The summed E-state index contributed by atoms with van der Waals surface area (Å²) >= 11 is 1.62. The van der Waals surface area contributed by atoms with E-state index in [-0.39, 0.29) is 0 Å². The maximum atomic E-state index is 8.93. The summed E-state index contributed by atoms with van der Waals surface area (Å²) in [5.41, 5.74) is 3.69. The number of rotatable bonds is 5. The van der Waals surface area contributed by atoms with Gasteiger partial charge in [0.2, 0.25) is 0 Å². The van der Waals surface area contributed by atoms with Crippen LogP contribution in [0.2, 0.25) is 0 Å². The maximum absolute atomic E-state index is 8.93. The third-order valence-electron chi connectivity index (χ3n) is 3.17. The second kappa shape index (κ2) is 6.54. The second-order valence-corrected chi connectivity index (χ2v) is 5.72. The molecule has 1 heterocycles. The van der Waals surface area contributed by atoms with Crippen molar-refractivity contribution in [1.29, 1.82) is 5.26 Å². The highest BCUT2D eigenvalue weighted by Gasteiger charge is 2.05. The summed E-state index contributed by atoms with van der Waals surface area (Å²) in [4.78, 5) is 7.86. The Labute approximate surface area is 133 Å². The summed E-state index contributed by atoms with van der Waals surface area (Å²) < 4.78 is 5.49. The van der Waals surface area contributed by atoms with Crippen LogP contribution >= 0.6 is 11.8 Å². The van der Waals surface area contributed by atoms with E-state index in [4.69, 9.17) is 10.00 Å². The molecule has 0 amide bonds. The maximum Gasteiger partial charge on any atom is 0.166 e. The first kappa shape index (κ1) is 14.5. The molecule has 0 bridgehead atoms. The highest BCUT2D eigenvalue weighted by molar-refractivity contribution is 7.98. The average molecular weight is 309 g/mol. The van der Waals surface area contributed by atoms with Crippen molar-refractivity contribution >= 4 is 22.8 Å². The lowest BCUT2D eigenvalue weighted by Crippen LogP contribution is -1.90. The largest absolute Gasteiger partial charge is 0.494 e. The normalized spacial score (nSPS) is 10.5. The van der Waals surface area contributed by atoms with Crippen molar-refractivity contribution in [3.8, 4) is 11.8 Å². The van der Waals surface area contributed by atoms with Gasteiger partial charge in [-0.25, -0.2) is 4.98 Å². The Bertz CT molecular complexity index is 835. The summed E-state index contributed by atoms with van der Waals surface area (Å²) in [5, 5.41) is 9.79. The van der Waals surface area contributed by atoms with Crippen LogP contribution in [0, 0.1) is 11.3 Å². The molecule has 1 N–H and O–H groups in total. The van der Waals surface area contributed by atoms with Crippen LogP contribution < -0.4 is 4.74 Å². The number of H-pyrrole nitrogens is 1. The number of hydrogen-bond donors (Lipinski definition) is 1. The van der Waals surface area contributed by atoms with Gasteiger partial charge in [0.05, 0.1) is 29.3 Å². The molecule has 5 heteroatoms. The molecule has 0 spiro atoms. The van der Waals surface area contributed by atoms with Gasteiger partial charge < -0.3 is 9.72 Å². The van der Waals surface area contributed by atoms with Crippen molar-refractivity contribution in [2.45, 2.75) is 17.8 Å². The number of imidazole rings is 1. The van der Waals surface area contributed by atoms with E-state index >= 15 is 0 Å². The molecule has 110 valence electrons. The lowest BCUT2D eigenvalue weighted by Gasteiger charge is -2.00. The quantitative estimate of drug-likeness (QED) is 0.720. The van der Waals surface area contributed by atoms with Gasteiger partial charge >= 0.3 is 0 Å². The number of nitriles is 1. The third-order valence-corrected chi connectivity index (χ3v) is 4.12. The molecular weight excluding hydrogens is 294 g/mol. The molecule has 0 atom stereocenters. The first-order chi connectivity index (χ1) is 10.8. The minimum Gasteiger partial charge on any atom is -0.494 e. The Morgan fingerprint density at radius 3 is 3.00 bits per heavy atom. The van der Waals surface area contributed by atoms with E-state index < -0.39 is 0 Å². The zero-order valence-electron chi connectivity index (χ0n) is 12.2. The summed E-state index contributed by atoms with van der Waals surface area (Å²) in [6.45, 7) is 2.62. The van der Waals surface area contributed by atoms with E-state index in [1.165, 1.54) is 0 Å². The van der Waals surface area contributed by atoms with Crippen LogP contribution in [0.3, 0.4) is 0 Å². The molecule has 0 saturated heterocycles. The van der Waals surface area contributed by atoms with Gasteiger partial charge in [0.1, 0.15) is 5.75 Å². The number of fused-ring (bicyclic) bond motifs is 1. The molecule has 0 saturated carbocycles. The highest BCUT2D eigenvalue weighted by atomic mass is 32.2. The average Bonchev–Trinajstić information content (AvgIpc) is 2.95. The Morgan fingerprint density at radius 1 is 1.27 bits per heavy atom. The molecule has 22 heavy (non-hydrogen) atoms. The molecule has 3 aromatic rings. The van der Waals surface area contributed by atoms with E-state index in [0.717, 1.165) is 33.3 Å². The zero-order chi connectivity index (χ0) is 15.4. The topological polar surface area (TPSA) is 61.7 Å². The lowest BCUT2D eigenvalue weighted by atomic mass is 10.2. The van der Waals surface area contributed by atoms with Crippen molar-refractivity contribution in [1.82, 2.24) is 9.97 Å². The van der Waals surface area contributed by atoms with Gasteiger partial charge in [0.15, 0.2) is 5.16 Å². The predicted molar refractivity (Wildman–Crippen MR) is 88.0 cm³/mol. The molecule has 4 nitrogen and oxygen atoms in total. The van der Waals surface area contributed by atoms with Gasteiger partial charge in [-0.1, -0.05) is 23.9 Å². The minimum absolute atomic E-state index is 0.649. The van der Waals surface area contributed by atoms with E-state index in [2.05, 4.69) is 16.0 Å². The summed E-state index contributed by atoms with van der Waals surface area (Å²) in [6, 6.07) is 15.6. The van der Waals surface area contributed by atoms with Gasteiger partial charge in [-0.15, -0.1) is 0 Å². The predicted octanol–water partition coefficient (Wildman–Crippen LogP) is 4.13. The van der Waals surface area contributed by atoms with Gasteiger partial charge in [0, 0.05) is 11.8 Å². The van der Waals surface area contributed by atoms with E-state index in [1.807, 2.05) is 49.4 Å². The van der Waals surface area contributed by atoms with Crippen LogP contribution in [0.15, 0.2) is 47.6 Å². The van der Waals surface area contributed by atoms with Crippen molar-refractivity contribution in [3.63, 3.8) is 0 Å². The molecule has 3 rings (SSSR count). The second-order valence-electron chi connectivity index (χ2n) is 4.75. The fourth-order valence-corrected chi connectivity index (χ4v) is 3.00. The van der Waals surface area contributed by atoms with Crippen LogP contribution in [0.5, 0.6) is 5.75 Å². The van der Waals surface area contributed by atoms with Gasteiger partial charge in [0.25, 0.3) is 0 Å². The fraction of sp³-hybridized carbons (Fsp3) is 0.176. The number of nitrogens with zero attached hydrogens (tertiary/aromatic N) is 2. The van der Waals surface area contributed by atoms with E-state index in [1.54, 1.807) is 11.8 Å². The molecule has 1 aromatic heterocycles. The number of aromatic amines is 1. The minimum atomic E-state index is 0.649. The van der Waals surface area contributed by atoms with Crippen LogP contribution in [-0.4, -0.2) is 16.6 Å². The van der Waals surface area contributed by atoms with Crippen molar-refractivity contribution in [2.24, 2.45) is 0 Å². The van der Waals surface area contributed by atoms with Gasteiger partial charge in [-0.2, -0.15) is 5.26 Å². The Kier molecular flexibility index (Phi) is 4.31. The van der Waals surface area contributed by atoms with Gasteiger partial charge in [-0.05, 0) is 36.8 Å². The first-order valence-electron chi connectivity index (χ1n) is 7.03. The number of ether oxygens (including phenoxy) is 1. The van der Waals surface area contributed by atoms with E-state index in [9.17, 15) is 0 Å². The molecular formula is C17H15N3OS. The number of benzene rings is 2. The Hall–Kier alpha value is -2.45. The van der Waals surface area contributed by atoms with Gasteiger partial charge in [-0.3, -0.25) is 0 Å². The molecule has 0 aliphatic heterocycles. The molecule has 0 radical (unpaired) electrons. The Balaban J connectivity index is 1.75. The SMILES string of the molecule is CCOc1ccc2nc(SCc3cccc(C#N)c3)[nH]c2c1. The fourth-order valence-electron chi connectivity index (χ4n) is 2.17. The molecule has 2 aromatic carbocycles. The van der Waals surface area contributed by atoms with Crippen LogP contribution in [0.25, 0.3) is 11.0 Å². The van der Waals surface area contributed by atoms with E-state index in [0.29, 0.717) is 12.2 Å². The number of hydrogen-bond acceptors (Lipinski definition) is 4. The number of thioether (sulfide) groups is 1. The summed E-state index contributed by atoms with van der Waals surface area (Å²) in [5.74, 6) is 1.62. The van der Waals surface area contributed by atoms with Crippen LogP contribution in [0.4, 0.5) is 0 Å². The smallest absolute Gasteiger partial charge is 0.166 e. The number of aromatic nitrogens is 2. The lowest BCUT2D eigenvalue weighted by molar-refractivity contribution is 0.340. The monoisotopic (exact) mass is 309 g/mol. The number of nitrogens with one attached hydrogen (secondary N) is 1. The molecule has 0 fully saturated rings. The molecule has 0 aliphatic rings. The Morgan fingerprint density at radius 2 is 2.18 bits per heavy atom. The van der Waals surface area contributed by atoms with Crippen molar-refractivity contribution < 1.29 is 4.74 Å². The van der Waals surface area contributed by atoms with Crippen LogP contribution in [0.1, 0.15) is 18.1 Å². The molecule has 0 unspecified atom stereocenters. The zero-order valence-corrected chi connectivity index (χ0v) is 13.0. The molecule has 0 aliphatic carbocycles. The van der Waals surface area contributed by atoms with Crippen molar-refractivity contribution in [3.05, 3.63) is 53.6 Å². The highest BCUT2D eigenvalue weighted by Crippen LogP contribution is 2.25. The first-order valence-corrected chi connectivity index (χ1v) is 8.01. The standard InChI is InChI=1S/C17H15N3OS/c1-2-21-14-6-7-15-16(9-14)20-17(19-15)22-11-13-5-3-4-12(8-13)10-18/h3-9H,2,11H2,1H3,(H,19,20). The summed E-state index contributed by atoms with van der Waals surface area (Å²) in [7, 11) is 0. The summed E-state index contributed by atoms with van der Waals surface area (Å²) in [6.07, 6.45) is 0. The third kappa shape index (κ3) is 3.23.